The maximum atomic E-state index is 12.4. The first-order chi connectivity index (χ1) is 15.8. The van der Waals surface area contributed by atoms with E-state index in [2.05, 4.69) is 37.6 Å². The number of hydrogen-bond acceptors (Lipinski definition) is 8. The van der Waals surface area contributed by atoms with Crippen molar-refractivity contribution in [2.75, 3.05) is 19.8 Å². The van der Waals surface area contributed by atoms with E-state index < -0.39 is 36.3 Å². The molecule has 0 aromatic heterocycles. The van der Waals surface area contributed by atoms with Gasteiger partial charge in [-0.1, -0.05) is 33.9 Å². The lowest BCUT2D eigenvalue weighted by atomic mass is 9.62. The predicted octanol–water partition coefficient (Wildman–Crippen LogP) is 3.26. The van der Waals surface area contributed by atoms with E-state index in [9.17, 15) is 19.2 Å². The quantitative estimate of drug-likeness (QED) is 0.261. The second-order valence-electron chi connectivity index (χ2n) is 9.85. The number of ether oxygens (including phenoxy) is 4. The smallest absolute Gasteiger partial charge is 0.407 e. The molecular weight excluding hydrogens is 444 g/mol. The Morgan fingerprint density at radius 3 is 1.91 bits per heavy atom. The highest BCUT2D eigenvalue weighted by atomic mass is 16.6. The Labute approximate surface area is 201 Å². The number of amides is 2. The van der Waals surface area contributed by atoms with Crippen molar-refractivity contribution in [1.82, 2.24) is 10.6 Å². The molecule has 34 heavy (non-hydrogen) atoms. The van der Waals surface area contributed by atoms with Crippen molar-refractivity contribution in [2.45, 2.75) is 72.1 Å². The van der Waals surface area contributed by atoms with Crippen molar-refractivity contribution in [1.29, 1.82) is 0 Å². The first kappa shape index (κ1) is 29.0. The van der Waals surface area contributed by atoms with Gasteiger partial charge in [0.2, 0.25) is 0 Å². The molecule has 1 rings (SSSR count). The van der Waals surface area contributed by atoms with Crippen LogP contribution in [-0.2, 0) is 28.5 Å². The van der Waals surface area contributed by atoms with E-state index in [1.807, 2.05) is 6.92 Å². The fourth-order valence-corrected chi connectivity index (χ4v) is 4.35. The third kappa shape index (κ3) is 11.2. The van der Waals surface area contributed by atoms with Crippen molar-refractivity contribution in [2.24, 2.45) is 10.8 Å². The lowest BCUT2D eigenvalue weighted by molar-refractivity contribution is -0.141. The molecule has 10 heteroatoms. The minimum absolute atomic E-state index is 0.0661. The van der Waals surface area contributed by atoms with E-state index in [0.717, 1.165) is 25.0 Å². The number of esters is 2. The minimum atomic E-state index is -0.615. The van der Waals surface area contributed by atoms with Gasteiger partial charge in [-0.25, -0.2) is 19.2 Å². The van der Waals surface area contributed by atoms with E-state index in [-0.39, 0.29) is 30.1 Å². The second kappa shape index (κ2) is 13.0. The van der Waals surface area contributed by atoms with Gasteiger partial charge in [0.05, 0.1) is 0 Å². The summed E-state index contributed by atoms with van der Waals surface area (Å²) < 4.78 is 20.2. The average molecular weight is 483 g/mol. The molecule has 0 heterocycles. The highest BCUT2D eigenvalue weighted by Crippen LogP contribution is 2.45. The first-order valence-corrected chi connectivity index (χ1v) is 11.3. The van der Waals surface area contributed by atoms with Crippen molar-refractivity contribution < 1.29 is 38.1 Å². The molecule has 1 aliphatic carbocycles. The molecule has 192 valence electrons. The fourth-order valence-electron chi connectivity index (χ4n) is 4.35. The number of carbonyl (C=O) groups excluding carboxylic acids is 4. The lowest BCUT2D eigenvalue weighted by Crippen LogP contribution is -2.51. The Balaban J connectivity index is 2.57. The van der Waals surface area contributed by atoms with Crippen LogP contribution in [0.4, 0.5) is 9.59 Å². The summed E-state index contributed by atoms with van der Waals surface area (Å²) in [6.07, 6.45) is 1.84. The van der Waals surface area contributed by atoms with Gasteiger partial charge >= 0.3 is 24.1 Å². The molecule has 0 saturated heterocycles. The zero-order valence-electron chi connectivity index (χ0n) is 20.8. The summed E-state index contributed by atoms with van der Waals surface area (Å²) in [5, 5.41) is 5.67. The molecule has 4 atom stereocenters. The van der Waals surface area contributed by atoms with Crippen molar-refractivity contribution in [3.63, 3.8) is 0 Å². The van der Waals surface area contributed by atoms with Gasteiger partial charge in [-0.15, -0.1) is 0 Å². The maximum Gasteiger partial charge on any atom is 0.407 e. The summed E-state index contributed by atoms with van der Waals surface area (Å²) >= 11 is 0. The third-order valence-electron chi connectivity index (χ3n) is 5.30. The number of carbonyl (C=O) groups is 4. The van der Waals surface area contributed by atoms with E-state index in [4.69, 9.17) is 18.9 Å². The molecule has 1 saturated carbocycles. The highest BCUT2D eigenvalue weighted by Gasteiger charge is 2.42. The molecular formula is C24H38N2O8. The minimum Gasteiger partial charge on any atom is -0.459 e. The van der Waals surface area contributed by atoms with E-state index in [1.54, 1.807) is 13.8 Å². The van der Waals surface area contributed by atoms with Gasteiger partial charge < -0.3 is 29.6 Å². The molecule has 10 nitrogen and oxygen atoms in total. The topological polar surface area (TPSA) is 129 Å². The Morgan fingerprint density at radius 1 is 0.912 bits per heavy atom. The Hall–Kier alpha value is -3.04. The van der Waals surface area contributed by atoms with Crippen LogP contribution >= 0.6 is 0 Å². The third-order valence-corrected chi connectivity index (χ3v) is 5.30. The van der Waals surface area contributed by atoms with Crippen LogP contribution in [0.2, 0.25) is 0 Å². The number of nitrogens with one attached hydrogen (secondary N) is 2. The standard InChI is InChI=1S/C24H38N2O8/c1-8-19(27)31-12-16(3)33-21(29)25-15-24(7)11-18(10-23(5,6)14-24)26-22(30)34-17(4)13-32-20(28)9-2/h8-9,16-18H,1-2,10-15H2,3-7H3,(H,25,29)(H,26,30)/t16?,17?,18-,24-/m0/s1. The van der Waals surface area contributed by atoms with Gasteiger partial charge in [-0.3, -0.25) is 0 Å². The Bertz CT molecular complexity index is 766. The summed E-state index contributed by atoms with van der Waals surface area (Å²) in [5.41, 5.74) is -0.393. The predicted molar refractivity (Wildman–Crippen MR) is 125 cm³/mol. The molecule has 2 N–H and O–H groups in total. The van der Waals surface area contributed by atoms with Crippen molar-refractivity contribution in [3.05, 3.63) is 25.3 Å². The van der Waals surface area contributed by atoms with Crippen LogP contribution in [0, 0.1) is 10.8 Å². The van der Waals surface area contributed by atoms with Crippen LogP contribution in [0.3, 0.4) is 0 Å². The Morgan fingerprint density at radius 2 is 1.41 bits per heavy atom. The van der Waals surface area contributed by atoms with Gasteiger partial charge in [-0.2, -0.15) is 0 Å². The molecule has 0 aromatic carbocycles. The molecule has 0 radical (unpaired) electrons. The van der Waals surface area contributed by atoms with E-state index in [0.29, 0.717) is 13.0 Å². The molecule has 1 fully saturated rings. The fraction of sp³-hybridized carbons (Fsp3) is 0.667. The first-order valence-electron chi connectivity index (χ1n) is 11.3. The lowest BCUT2D eigenvalue weighted by Gasteiger charge is -2.46. The number of rotatable bonds is 11. The van der Waals surface area contributed by atoms with Gasteiger partial charge in [0.15, 0.2) is 0 Å². The van der Waals surface area contributed by atoms with Gasteiger partial charge in [-0.05, 0) is 43.9 Å². The van der Waals surface area contributed by atoms with Crippen LogP contribution in [0.25, 0.3) is 0 Å². The molecule has 0 aliphatic heterocycles. The summed E-state index contributed by atoms with van der Waals surface area (Å²) in [6, 6.07) is -0.167. The molecule has 0 aromatic rings. The molecule has 0 spiro atoms. The monoisotopic (exact) mass is 482 g/mol. The molecule has 1 aliphatic rings. The summed E-state index contributed by atoms with van der Waals surface area (Å²) in [7, 11) is 0. The van der Waals surface area contributed by atoms with Crippen LogP contribution in [-0.4, -0.2) is 62.1 Å². The molecule has 2 amide bonds. The zero-order valence-corrected chi connectivity index (χ0v) is 20.8. The van der Waals surface area contributed by atoms with Gasteiger partial charge in [0.25, 0.3) is 0 Å². The van der Waals surface area contributed by atoms with Crippen molar-refractivity contribution >= 4 is 24.1 Å². The van der Waals surface area contributed by atoms with Crippen molar-refractivity contribution in [3.8, 4) is 0 Å². The van der Waals surface area contributed by atoms with Crippen LogP contribution in [0.5, 0.6) is 0 Å². The zero-order chi connectivity index (χ0) is 25.9. The van der Waals surface area contributed by atoms with Crippen LogP contribution in [0.1, 0.15) is 53.9 Å². The van der Waals surface area contributed by atoms with Crippen LogP contribution < -0.4 is 10.6 Å². The van der Waals surface area contributed by atoms with E-state index >= 15 is 0 Å². The normalized spacial score (nSPS) is 22.8. The summed E-state index contributed by atoms with van der Waals surface area (Å²) in [6.45, 7) is 16.3. The maximum absolute atomic E-state index is 12.4. The summed E-state index contributed by atoms with van der Waals surface area (Å²) in [4.78, 5) is 46.8. The molecule has 2 unspecified atom stereocenters. The average Bonchev–Trinajstić information content (AvgIpc) is 2.72. The van der Waals surface area contributed by atoms with Gasteiger partial charge in [0.1, 0.15) is 25.4 Å². The largest absolute Gasteiger partial charge is 0.459 e. The number of hydrogen-bond donors (Lipinski definition) is 2. The molecule has 0 bridgehead atoms. The number of alkyl carbamates (subject to hydrolysis) is 2. The van der Waals surface area contributed by atoms with Crippen LogP contribution in [0.15, 0.2) is 25.3 Å². The second-order valence-corrected chi connectivity index (χ2v) is 9.85. The highest BCUT2D eigenvalue weighted by molar-refractivity contribution is 5.81. The summed E-state index contributed by atoms with van der Waals surface area (Å²) in [5.74, 6) is -1.17. The Kier molecular flexibility index (Phi) is 11.1. The van der Waals surface area contributed by atoms with E-state index in [1.165, 1.54) is 0 Å². The van der Waals surface area contributed by atoms with Gasteiger partial charge in [0, 0.05) is 24.7 Å². The SMILES string of the molecule is C=CC(=O)OCC(C)OC(=O)NC[C@@]1(C)C[C@@H](NC(=O)OC(C)COC(=O)C=C)CC(C)(C)C1.